The molecule has 3 aromatic rings. The van der Waals surface area contributed by atoms with Crippen LogP contribution in [-0.4, -0.2) is 30.1 Å². The van der Waals surface area contributed by atoms with Crippen molar-refractivity contribution in [3.8, 4) is 0 Å². The van der Waals surface area contributed by atoms with Crippen LogP contribution in [0.3, 0.4) is 0 Å². The summed E-state index contributed by atoms with van der Waals surface area (Å²) in [5.74, 6) is -0.249. The summed E-state index contributed by atoms with van der Waals surface area (Å²) in [5.41, 5.74) is 2.88. The van der Waals surface area contributed by atoms with Crippen molar-refractivity contribution in [3.63, 3.8) is 0 Å². The zero-order valence-electron chi connectivity index (χ0n) is 16.1. The third-order valence-electron chi connectivity index (χ3n) is 4.83. The third kappa shape index (κ3) is 3.95. The molecule has 0 bridgehead atoms. The van der Waals surface area contributed by atoms with Crippen LogP contribution in [0.4, 0.5) is 10.5 Å². The molecule has 0 aromatic heterocycles. The van der Waals surface area contributed by atoms with Crippen LogP contribution in [0.25, 0.3) is 16.8 Å². The molecule has 1 fully saturated rings. The minimum atomic E-state index is -0.249. The number of fused-ring (bicyclic) bond motifs is 1. The Morgan fingerprint density at radius 3 is 2.55 bits per heavy atom. The van der Waals surface area contributed by atoms with E-state index < -0.39 is 0 Å². The van der Waals surface area contributed by atoms with E-state index in [-0.39, 0.29) is 17.7 Å². The first-order valence-corrected chi connectivity index (χ1v) is 10.7. The lowest BCUT2D eigenvalue weighted by Gasteiger charge is -2.15. The molecule has 29 heavy (non-hydrogen) atoms. The molecule has 0 saturated carbocycles. The smallest absolute Gasteiger partial charge is 0.293 e. The topological polar surface area (TPSA) is 40.6 Å². The number of amides is 2. The van der Waals surface area contributed by atoms with Gasteiger partial charge in [0.1, 0.15) is 0 Å². The summed E-state index contributed by atoms with van der Waals surface area (Å²) in [5, 5.41) is 1.91. The van der Waals surface area contributed by atoms with Crippen LogP contribution in [0.1, 0.15) is 11.1 Å². The monoisotopic (exact) mass is 466 g/mol. The molecule has 1 aliphatic heterocycles. The van der Waals surface area contributed by atoms with E-state index in [1.165, 1.54) is 4.90 Å². The Morgan fingerprint density at radius 1 is 1.03 bits per heavy atom. The molecule has 146 valence electrons. The fourth-order valence-corrected chi connectivity index (χ4v) is 4.95. The number of carbonyl (C=O) groups excluding carboxylic acids is 2. The highest BCUT2D eigenvalue weighted by Crippen LogP contribution is 2.35. The SMILES string of the molecule is CN(C)c1ccc(/C=C2/SC(=O)N(Cc3cccc4ccccc34)C2=O)cc1Br. The molecule has 0 radical (unpaired) electrons. The first-order valence-electron chi connectivity index (χ1n) is 9.13. The van der Waals surface area contributed by atoms with E-state index >= 15 is 0 Å². The predicted molar refractivity (Wildman–Crippen MR) is 124 cm³/mol. The maximum absolute atomic E-state index is 12.9. The molecule has 0 aliphatic carbocycles. The van der Waals surface area contributed by atoms with Gasteiger partial charge in [0, 0.05) is 18.6 Å². The number of thioether (sulfide) groups is 1. The number of hydrogen-bond acceptors (Lipinski definition) is 4. The second-order valence-corrected chi connectivity index (χ2v) is 8.86. The molecule has 0 spiro atoms. The van der Waals surface area contributed by atoms with Gasteiger partial charge in [-0.3, -0.25) is 14.5 Å². The van der Waals surface area contributed by atoms with Crippen molar-refractivity contribution < 1.29 is 9.59 Å². The Bertz CT molecular complexity index is 1150. The molecule has 3 aromatic carbocycles. The second kappa shape index (κ2) is 8.05. The van der Waals surface area contributed by atoms with Gasteiger partial charge in [0.25, 0.3) is 11.1 Å². The molecule has 2 amide bonds. The van der Waals surface area contributed by atoms with Crippen molar-refractivity contribution in [2.75, 3.05) is 19.0 Å². The summed E-state index contributed by atoms with van der Waals surface area (Å²) in [7, 11) is 3.94. The van der Waals surface area contributed by atoms with Crippen LogP contribution in [0.2, 0.25) is 0 Å². The molecule has 6 heteroatoms. The summed E-state index contributed by atoms with van der Waals surface area (Å²) >= 11 is 4.55. The molecule has 0 N–H and O–H groups in total. The quantitative estimate of drug-likeness (QED) is 0.448. The normalized spacial score (nSPS) is 15.6. The zero-order valence-corrected chi connectivity index (χ0v) is 18.5. The number of hydrogen-bond donors (Lipinski definition) is 0. The van der Waals surface area contributed by atoms with Crippen LogP contribution < -0.4 is 4.90 Å². The molecular formula is C23H19BrN2O2S. The van der Waals surface area contributed by atoms with Gasteiger partial charge < -0.3 is 4.90 Å². The summed E-state index contributed by atoms with van der Waals surface area (Å²) in [6.45, 7) is 0.270. The molecule has 1 aliphatic rings. The highest BCUT2D eigenvalue weighted by atomic mass is 79.9. The van der Waals surface area contributed by atoms with Gasteiger partial charge in [-0.15, -0.1) is 0 Å². The predicted octanol–water partition coefficient (Wildman–Crippen LogP) is 5.90. The van der Waals surface area contributed by atoms with Gasteiger partial charge in [-0.2, -0.15) is 0 Å². The Balaban J connectivity index is 1.60. The van der Waals surface area contributed by atoms with Crippen molar-refractivity contribution in [2.24, 2.45) is 0 Å². The lowest BCUT2D eigenvalue weighted by Crippen LogP contribution is -2.27. The van der Waals surface area contributed by atoms with Crippen molar-refractivity contribution in [3.05, 3.63) is 81.2 Å². The molecule has 0 atom stereocenters. The van der Waals surface area contributed by atoms with Crippen molar-refractivity contribution in [2.45, 2.75) is 6.54 Å². The summed E-state index contributed by atoms with van der Waals surface area (Å²) in [4.78, 5) is 29.2. The van der Waals surface area contributed by atoms with Crippen LogP contribution in [-0.2, 0) is 11.3 Å². The number of rotatable bonds is 4. The fourth-order valence-electron chi connectivity index (χ4n) is 3.36. The maximum Gasteiger partial charge on any atom is 0.293 e. The lowest BCUT2D eigenvalue weighted by molar-refractivity contribution is -0.123. The zero-order chi connectivity index (χ0) is 20.5. The Morgan fingerprint density at radius 2 is 1.79 bits per heavy atom. The fraction of sp³-hybridized carbons (Fsp3) is 0.130. The van der Waals surface area contributed by atoms with Gasteiger partial charge in [-0.25, -0.2) is 0 Å². The lowest BCUT2D eigenvalue weighted by atomic mass is 10.0. The highest BCUT2D eigenvalue weighted by Gasteiger charge is 2.35. The number of halogens is 1. The summed E-state index contributed by atoms with van der Waals surface area (Å²) < 4.78 is 0.936. The number of anilines is 1. The van der Waals surface area contributed by atoms with Gasteiger partial charge in [0.2, 0.25) is 0 Å². The Labute approximate surface area is 182 Å². The van der Waals surface area contributed by atoms with E-state index in [1.807, 2.05) is 79.7 Å². The molecule has 0 unspecified atom stereocenters. The van der Waals surface area contributed by atoms with E-state index in [9.17, 15) is 9.59 Å². The first kappa shape index (κ1) is 19.7. The third-order valence-corrected chi connectivity index (χ3v) is 6.38. The maximum atomic E-state index is 12.9. The van der Waals surface area contributed by atoms with Gasteiger partial charge in [0.05, 0.1) is 17.1 Å². The largest absolute Gasteiger partial charge is 0.377 e. The van der Waals surface area contributed by atoms with Gasteiger partial charge >= 0.3 is 0 Å². The van der Waals surface area contributed by atoms with Crippen molar-refractivity contribution in [1.82, 2.24) is 4.90 Å². The van der Waals surface area contributed by atoms with Gasteiger partial charge in [-0.1, -0.05) is 48.5 Å². The number of imide groups is 1. The first-order chi connectivity index (χ1) is 13.9. The number of nitrogens with zero attached hydrogens (tertiary/aromatic N) is 2. The Hall–Kier alpha value is -2.57. The molecule has 4 nitrogen and oxygen atoms in total. The van der Waals surface area contributed by atoms with Crippen molar-refractivity contribution in [1.29, 1.82) is 0 Å². The van der Waals surface area contributed by atoms with E-state index in [0.29, 0.717) is 4.91 Å². The van der Waals surface area contributed by atoms with Crippen LogP contribution >= 0.6 is 27.7 Å². The summed E-state index contributed by atoms with van der Waals surface area (Å²) in [6, 6.07) is 19.8. The Kier molecular flexibility index (Phi) is 5.48. The average Bonchev–Trinajstić information content (AvgIpc) is 2.95. The van der Waals surface area contributed by atoms with E-state index in [0.717, 1.165) is 43.8 Å². The van der Waals surface area contributed by atoms with Crippen LogP contribution in [0, 0.1) is 0 Å². The molecule has 4 rings (SSSR count). The van der Waals surface area contributed by atoms with Gasteiger partial charge in [0.15, 0.2) is 0 Å². The van der Waals surface area contributed by atoms with Gasteiger partial charge in [-0.05, 0) is 67.8 Å². The van der Waals surface area contributed by atoms with E-state index in [2.05, 4.69) is 15.9 Å². The molecular weight excluding hydrogens is 448 g/mol. The average molecular weight is 467 g/mol. The second-order valence-electron chi connectivity index (χ2n) is 7.01. The number of carbonyl (C=O) groups is 2. The van der Waals surface area contributed by atoms with Crippen LogP contribution in [0.15, 0.2) is 70.0 Å². The minimum absolute atomic E-state index is 0.238. The van der Waals surface area contributed by atoms with Crippen molar-refractivity contribution >= 4 is 61.4 Å². The summed E-state index contributed by atoms with van der Waals surface area (Å²) in [6.07, 6.45) is 1.78. The highest BCUT2D eigenvalue weighted by molar-refractivity contribution is 9.10. The van der Waals surface area contributed by atoms with E-state index in [1.54, 1.807) is 6.08 Å². The minimum Gasteiger partial charge on any atom is -0.377 e. The molecule has 1 saturated heterocycles. The number of benzene rings is 3. The molecule has 1 heterocycles. The standard InChI is InChI=1S/C23H19BrN2O2S/c1-25(2)20-11-10-15(12-19(20)24)13-21-22(27)26(23(28)29-21)14-17-8-5-7-16-6-3-4-9-18(16)17/h3-13H,14H2,1-2H3/b21-13+. The van der Waals surface area contributed by atoms with Crippen LogP contribution in [0.5, 0.6) is 0 Å². The van der Waals surface area contributed by atoms with E-state index in [4.69, 9.17) is 0 Å².